The SMILES string of the molecule is Cc1ccc(C(=O)N2CC(N(CCN3CCOCC3)C(=O)C(C)C)CC2C(=O)N2CCCNCC2)cc1. The molecule has 0 aliphatic carbocycles. The van der Waals surface area contributed by atoms with Gasteiger partial charge >= 0.3 is 0 Å². The molecule has 0 spiro atoms. The van der Waals surface area contributed by atoms with Gasteiger partial charge in [-0.25, -0.2) is 0 Å². The van der Waals surface area contributed by atoms with Crippen LogP contribution in [0.4, 0.5) is 0 Å². The average Bonchev–Trinajstić information content (AvgIpc) is 3.15. The van der Waals surface area contributed by atoms with Crippen LogP contribution in [-0.2, 0) is 14.3 Å². The van der Waals surface area contributed by atoms with Gasteiger partial charge in [-0.15, -0.1) is 0 Å². The van der Waals surface area contributed by atoms with Crippen LogP contribution in [0.2, 0.25) is 0 Å². The van der Waals surface area contributed by atoms with Gasteiger partial charge in [0.25, 0.3) is 5.91 Å². The van der Waals surface area contributed by atoms with E-state index >= 15 is 0 Å². The van der Waals surface area contributed by atoms with Crippen LogP contribution in [0.25, 0.3) is 0 Å². The Labute approximate surface area is 221 Å². The molecule has 0 bridgehead atoms. The number of benzene rings is 1. The molecule has 1 N–H and O–H groups in total. The van der Waals surface area contributed by atoms with Gasteiger partial charge in [-0.1, -0.05) is 31.5 Å². The fourth-order valence-electron chi connectivity index (χ4n) is 5.52. The third-order valence-electron chi connectivity index (χ3n) is 7.75. The Morgan fingerprint density at radius 2 is 1.78 bits per heavy atom. The molecule has 2 unspecified atom stereocenters. The lowest BCUT2D eigenvalue weighted by Gasteiger charge is -2.34. The third-order valence-corrected chi connectivity index (χ3v) is 7.75. The number of hydrogen-bond donors (Lipinski definition) is 1. The minimum atomic E-state index is -0.567. The minimum Gasteiger partial charge on any atom is -0.379 e. The zero-order valence-electron chi connectivity index (χ0n) is 22.7. The van der Waals surface area contributed by atoms with Crippen molar-refractivity contribution in [3.8, 4) is 0 Å². The Bertz CT molecular complexity index is 923. The second-order valence-electron chi connectivity index (χ2n) is 10.8. The zero-order valence-corrected chi connectivity index (χ0v) is 22.7. The molecule has 3 amide bonds. The van der Waals surface area contributed by atoms with Crippen molar-refractivity contribution in [1.29, 1.82) is 0 Å². The van der Waals surface area contributed by atoms with Crippen molar-refractivity contribution in [2.45, 2.75) is 45.7 Å². The molecule has 3 fully saturated rings. The first kappa shape index (κ1) is 27.5. The van der Waals surface area contributed by atoms with Crippen LogP contribution in [0.5, 0.6) is 0 Å². The quantitative estimate of drug-likeness (QED) is 0.590. The van der Waals surface area contributed by atoms with E-state index in [0.717, 1.165) is 44.7 Å². The van der Waals surface area contributed by atoms with E-state index in [1.807, 2.05) is 54.8 Å². The molecule has 1 aromatic carbocycles. The normalized spacial score (nSPS) is 23.2. The Morgan fingerprint density at radius 1 is 1.05 bits per heavy atom. The van der Waals surface area contributed by atoms with Crippen molar-refractivity contribution in [1.82, 2.24) is 24.9 Å². The lowest BCUT2D eigenvalue weighted by Crippen LogP contribution is -2.49. The number of rotatable bonds is 7. The lowest BCUT2D eigenvalue weighted by molar-refractivity contribution is -0.138. The molecule has 4 rings (SSSR count). The number of likely N-dealkylation sites (tertiary alicyclic amines) is 1. The van der Waals surface area contributed by atoms with Gasteiger partial charge in [0.15, 0.2) is 0 Å². The van der Waals surface area contributed by atoms with Crippen molar-refractivity contribution in [3.63, 3.8) is 0 Å². The molecule has 204 valence electrons. The summed E-state index contributed by atoms with van der Waals surface area (Å²) in [6, 6.07) is 6.76. The predicted octanol–water partition coefficient (Wildman–Crippen LogP) is 1.22. The molecule has 1 aromatic rings. The molecule has 0 saturated carbocycles. The van der Waals surface area contributed by atoms with Gasteiger partial charge < -0.3 is 24.8 Å². The summed E-state index contributed by atoms with van der Waals surface area (Å²) in [6.07, 6.45) is 1.37. The van der Waals surface area contributed by atoms with Gasteiger partial charge in [-0.2, -0.15) is 0 Å². The van der Waals surface area contributed by atoms with E-state index < -0.39 is 6.04 Å². The van der Waals surface area contributed by atoms with Crippen LogP contribution < -0.4 is 5.32 Å². The highest BCUT2D eigenvalue weighted by atomic mass is 16.5. The number of carbonyl (C=O) groups excluding carboxylic acids is 3. The molecule has 0 radical (unpaired) electrons. The maximum atomic E-state index is 13.8. The molecular formula is C28H43N5O4. The molecule has 9 nitrogen and oxygen atoms in total. The van der Waals surface area contributed by atoms with E-state index in [2.05, 4.69) is 10.2 Å². The second kappa shape index (κ2) is 12.8. The molecule has 2 atom stereocenters. The Kier molecular flexibility index (Phi) is 9.56. The molecule has 3 heterocycles. The van der Waals surface area contributed by atoms with Crippen molar-refractivity contribution in [3.05, 3.63) is 35.4 Å². The highest BCUT2D eigenvalue weighted by molar-refractivity contribution is 5.98. The topological polar surface area (TPSA) is 85.4 Å². The van der Waals surface area contributed by atoms with Crippen LogP contribution in [0.1, 0.15) is 42.6 Å². The van der Waals surface area contributed by atoms with Crippen LogP contribution in [0.15, 0.2) is 24.3 Å². The molecule has 9 heteroatoms. The zero-order chi connectivity index (χ0) is 26.4. The van der Waals surface area contributed by atoms with Gasteiger partial charge in [0.05, 0.1) is 19.3 Å². The standard InChI is InChI=1S/C28H43N5O4/c1-21(2)26(34)32(14-13-30-15-17-37-18-16-30)24-19-25(28(36)31-11-4-9-29-10-12-31)33(20-24)27(35)23-7-5-22(3)6-8-23/h5-8,21,24-25,29H,4,9-20H2,1-3H3. The molecular weight excluding hydrogens is 470 g/mol. The number of morpholine rings is 1. The van der Waals surface area contributed by atoms with Crippen molar-refractivity contribution in [2.24, 2.45) is 5.92 Å². The molecule has 3 aliphatic heterocycles. The smallest absolute Gasteiger partial charge is 0.254 e. The first-order valence-electron chi connectivity index (χ1n) is 13.8. The van der Waals surface area contributed by atoms with Crippen LogP contribution in [-0.4, -0.2) is 122 Å². The number of carbonyl (C=O) groups is 3. The maximum Gasteiger partial charge on any atom is 0.254 e. The number of ether oxygens (including phenoxy) is 1. The van der Waals surface area contributed by atoms with Gasteiger partial charge in [-0.05, 0) is 38.4 Å². The van der Waals surface area contributed by atoms with Crippen molar-refractivity contribution in [2.75, 3.05) is 72.1 Å². The fraction of sp³-hybridized carbons (Fsp3) is 0.679. The summed E-state index contributed by atoms with van der Waals surface area (Å²) in [4.78, 5) is 48.8. The van der Waals surface area contributed by atoms with Crippen LogP contribution in [0.3, 0.4) is 0 Å². The summed E-state index contributed by atoms with van der Waals surface area (Å²) < 4.78 is 5.48. The predicted molar refractivity (Wildman–Crippen MR) is 142 cm³/mol. The summed E-state index contributed by atoms with van der Waals surface area (Å²) in [7, 11) is 0. The Hall–Kier alpha value is -2.49. The minimum absolute atomic E-state index is 0.00298. The summed E-state index contributed by atoms with van der Waals surface area (Å²) in [5.41, 5.74) is 1.66. The van der Waals surface area contributed by atoms with Crippen molar-refractivity contribution >= 4 is 17.7 Å². The highest BCUT2D eigenvalue weighted by Crippen LogP contribution is 2.27. The van der Waals surface area contributed by atoms with Gasteiger partial charge in [0, 0.05) is 63.8 Å². The number of aryl methyl sites for hydroxylation is 1. The van der Waals surface area contributed by atoms with Crippen LogP contribution in [0, 0.1) is 12.8 Å². The van der Waals surface area contributed by atoms with E-state index in [4.69, 9.17) is 4.74 Å². The lowest BCUT2D eigenvalue weighted by atomic mass is 10.1. The van der Waals surface area contributed by atoms with Crippen molar-refractivity contribution < 1.29 is 19.1 Å². The summed E-state index contributed by atoms with van der Waals surface area (Å²) >= 11 is 0. The maximum absolute atomic E-state index is 13.8. The van der Waals surface area contributed by atoms with Gasteiger partial charge in [0.1, 0.15) is 6.04 Å². The van der Waals surface area contributed by atoms with E-state index in [0.29, 0.717) is 51.4 Å². The molecule has 37 heavy (non-hydrogen) atoms. The van der Waals surface area contributed by atoms with Gasteiger partial charge in [0.2, 0.25) is 11.8 Å². The average molecular weight is 514 g/mol. The molecule has 0 aromatic heterocycles. The first-order chi connectivity index (χ1) is 17.8. The van der Waals surface area contributed by atoms with E-state index in [9.17, 15) is 14.4 Å². The number of nitrogens with zero attached hydrogens (tertiary/aromatic N) is 4. The third kappa shape index (κ3) is 6.89. The Balaban J connectivity index is 1.57. The largest absolute Gasteiger partial charge is 0.379 e. The number of hydrogen-bond acceptors (Lipinski definition) is 6. The first-order valence-corrected chi connectivity index (χ1v) is 13.8. The second-order valence-corrected chi connectivity index (χ2v) is 10.8. The number of amides is 3. The monoisotopic (exact) mass is 513 g/mol. The van der Waals surface area contributed by atoms with E-state index in [-0.39, 0.29) is 29.7 Å². The Morgan fingerprint density at radius 3 is 2.49 bits per heavy atom. The van der Waals surface area contributed by atoms with E-state index in [1.165, 1.54) is 0 Å². The summed E-state index contributed by atoms with van der Waals surface area (Å²) in [5.74, 6) is -0.221. The molecule has 3 saturated heterocycles. The summed E-state index contributed by atoms with van der Waals surface area (Å²) in [6.45, 7) is 13.7. The number of nitrogens with one attached hydrogen (secondary N) is 1. The highest BCUT2D eigenvalue weighted by Gasteiger charge is 2.44. The van der Waals surface area contributed by atoms with Crippen LogP contribution >= 0.6 is 0 Å². The molecule has 3 aliphatic rings. The van der Waals surface area contributed by atoms with Gasteiger partial charge in [-0.3, -0.25) is 19.3 Å². The summed E-state index contributed by atoms with van der Waals surface area (Å²) in [5, 5.41) is 3.35. The van der Waals surface area contributed by atoms with E-state index in [1.54, 1.807) is 4.90 Å². The fourth-order valence-corrected chi connectivity index (χ4v) is 5.52.